The largest absolute Gasteiger partial charge is 1.00 e. The van der Waals surface area contributed by atoms with Crippen LogP contribution in [0.3, 0.4) is 0 Å². The third kappa shape index (κ3) is 4.17. The van der Waals surface area contributed by atoms with E-state index in [0.717, 1.165) is 30.9 Å². The minimum Gasteiger partial charge on any atom is -1.00 e. The van der Waals surface area contributed by atoms with Gasteiger partial charge < -0.3 is 24.8 Å². The molecule has 0 N–H and O–H groups in total. The molecule has 5 unspecified atom stereocenters. The number of halogens is 2. The van der Waals surface area contributed by atoms with E-state index in [4.69, 9.17) is 0 Å². The molecule has 0 aromatic heterocycles. The van der Waals surface area contributed by atoms with E-state index in [1.807, 2.05) is 0 Å². The molecule has 2 aliphatic carbocycles. The van der Waals surface area contributed by atoms with Crippen molar-refractivity contribution in [1.82, 2.24) is 0 Å². The summed E-state index contributed by atoms with van der Waals surface area (Å²) in [6.45, 7) is 10.0. The maximum Gasteiger partial charge on any atom is -1.00 e. The van der Waals surface area contributed by atoms with Gasteiger partial charge in [0.05, 0.1) is 0 Å². The van der Waals surface area contributed by atoms with Crippen LogP contribution in [0.15, 0.2) is 54.6 Å². The second-order valence-corrected chi connectivity index (χ2v) is 12.0. The zero-order valence-electron chi connectivity index (χ0n) is 16.5. The Morgan fingerprint density at radius 2 is 1.22 bits per heavy atom. The minimum absolute atomic E-state index is 0. The van der Waals surface area contributed by atoms with E-state index >= 15 is 0 Å². The van der Waals surface area contributed by atoms with Crippen LogP contribution in [0.2, 0.25) is 3.63 Å². The topological polar surface area (TPSA) is 0 Å². The Kier molecular flexibility index (Phi) is 8.01. The zero-order chi connectivity index (χ0) is 17.6. The molecule has 0 nitrogen and oxygen atoms in total. The fourth-order valence-corrected chi connectivity index (χ4v) is 11.0. The number of rotatable bonds is 3. The molecular formula is C24H28Cl2Zr. The van der Waals surface area contributed by atoms with Gasteiger partial charge in [-0.1, -0.05) is 0 Å². The number of hydrogen-bond donors (Lipinski definition) is 0. The van der Waals surface area contributed by atoms with Crippen LogP contribution in [0.5, 0.6) is 0 Å². The van der Waals surface area contributed by atoms with Crippen LogP contribution in [0.1, 0.15) is 48.0 Å². The normalized spacial score (nSPS) is 31.2. The first-order valence-corrected chi connectivity index (χ1v) is 12.5. The van der Waals surface area contributed by atoms with E-state index in [1.165, 1.54) is 11.1 Å². The molecule has 4 rings (SSSR count). The molecule has 0 spiro atoms. The second-order valence-electron chi connectivity index (χ2n) is 8.16. The predicted octanol–water partition coefficient (Wildman–Crippen LogP) is 0.719. The van der Waals surface area contributed by atoms with Gasteiger partial charge in [-0.3, -0.25) is 0 Å². The van der Waals surface area contributed by atoms with Gasteiger partial charge in [0.2, 0.25) is 0 Å². The first-order chi connectivity index (χ1) is 12.1. The van der Waals surface area contributed by atoms with E-state index in [-0.39, 0.29) is 24.8 Å². The summed E-state index contributed by atoms with van der Waals surface area (Å²) in [7, 11) is 0. The first kappa shape index (κ1) is 22.9. The molecule has 0 amide bonds. The molecule has 142 valence electrons. The van der Waals surface area contributed by atoms with Crippen molar-refractivity contribution < 1.29 is 48.0 Å². The van der Waals surface area contributed by atoms with Crippen LogP contribution in [0, 0.1) is 23.7 Å². The quantitative estimate of drug-likeness (QED) is 0.610. The van der Waals surface area contributed by atoms with Crippen LogP contribution >= 0.6 is 0 Å². The van der Waals surface area contributed by atoms with Crippen molar-refractivity contribution in [3.05, 3.63) is 71.3 Å². The van der Waals surface area contributed by atoms with Gasteiger partial charge in [0.15, 0.2) is 0 Å². The Bertz CT molecular complexity index is 772. The van der Waals surface area contributed by atoms with Crippen LogP contribution in [0.25, 0.3) is 11.6 Å². The summed E-state index contributed by atoms with van der Waals surface area (Å²) in [5.41, 5.74) is 6.11. The average Bonchev–Trinajstić information content (AvgIpc) is 3.10. The zero-order valence-corrected chi connectivity index (χ0v) is 20.5. The van der Waals surface area contributed by atoms with E-state index in [9.17, 15) is 0 Å². The Hall–Kier alpha value is -0.357. The van der Waals surface area contributed by atoms with Crippen molar-refractivity contribution in [2.24, 2.45) is 23.7 Å². The Morgan fingerprint density at radius 3 is 1.85 bits per heavy atom. The number of allylic oxidation sites excluding steroid dienone is 1. The van der Waals surface area contributed by atoms with Crippen molar-refractivity contribution in [3.8, 4) is 0 Å². The van der Waals surface area contributed by atoms with Gasteiger partial charge in [-0.15, -0.1) is 0 Å². The third-order valence-corrected chi connectivity index (χ3v) is 12.9. The van der Waals surface area contributed by atoms with Crippen molar-refractivity contribution in [1.29, 1.82) is 0 Å². The summed E-state index contributed by atoms with van der Waals surface area (Å²) < 4.78 is 1.70. The summed E-state index contributed by atoms with van der Waals surface area (Å²) in [5.74, 6) is 3.53. The monoisotopic (exact) mass is 476 g/mol. The molecule has 2 aromatic carbocycles. The SMILES string of the molecule is CC1C(C)C(C)[CH]([Zr+2][CH]2C(c3ccccc3)=Cc3ccccc32)C1C.[Cl-].[Cl-]. The van der Waals surface area contributed by atoms with Gasteiger partial charge in [-0.2, -0.15) is 0 Å². The van der Waals surface area contributed by atoms with Crippen LogP contribution in [0.4, 0.5) is 0 Å². The van der Waals surface area contributed by atoms with Gasteiger partial charge in [0.1, 0.15) is 0 Å². The maximum atomic E-state index is 2.53. The fraction of sp³-hybridized carbons (Fsp3) is 0.417. The fourth-order valence-electron chi connectivity index (χ4n) is 4.97. The second kappa shape index (κ2) is 9.43. The van der Waals surface area contributed by atoms with Gasteiger partial charge in [0.25, 0.3) is 0 Å². The van der Waals surface area contributed by atoms with Crippen molar-refractivity contribution in [2.45, 2.75) is 34.9 Å². The van der Waals surface area contributed by atoms with E-state index in [2.05, 4.69) is 88.4 Å². The Labute approximate surface area is 188 Å². The van der Waals surface area contributed by atoms with Crippen molar-refractivity contribution in [2.75, 3.05) is 0 Å². The first-order valence-electron chi connectivity index (χ1n) is 9.70. The van der Waals surface area contributed by atoms with Gasteiger partial charge in [-0.05, 0) is 0 Å². The predicted molar refractivity (Wildman–Crippen MR) is 104 cm³/mol. The molecule has 1 fully saturated rings. The molecule has 0 heterocycles. The number of benzene rings is 2. The molecule has 3 heteroatoms. The number of fused-ring (bicyclic) bond motifs is 1. The van der Waals surface area contributed by atoms with Crippen molar-refractivity contribution >= 4 is 11.6 Å². The van der Waals surface area contributed by atoms with E-state index < -0.39 is 23.2 Å². The Balaban J connectivity index is 0.00000131. The summed E-state index contributed by atoms with van der Waals surface area (Å²) in [6.07, 6.45) is 2.48. The Morgan fingerprint density at radius 1 is 0.667 bits per heavy atom. The molecule has 0 bridgehead atoms. The minimum atomic E-state index is -0.610. The van der Waals surface area contributed by atoms with Crippen LogP contribution < -0.4 is 24.8 Å². The summed E-state index contributed by atoms with van der Waals surface area (Å²) in [6, 6.07) is 20.2. The summed E-state index contributed by atoms with van der Waals surface area (Å²) in [4.78, 5) is 0. The van der Waals surface area contributed by atoms with Crippen molar-refractivity contribution in [3.63, 3.8) is 0 Å². The molecule has 27 heavy (non-hydrogen) atoms. The molecule has 2 aromatic rings. The molecule has 5 atom stereocenters. The van der Waals surface area contributed by atoms with E-state index in [1.54, 1.807) is 11.1 Å². The molecule has 0 saturated heterocycles. The van der Waals surface area contributed by atoms with Crippen LogP contribution in [-0.4, -0.2) is 0 Å². The molecule has 0 radical (unpaired) electrons. The molecule has 0 aliphatic heterocycles. The summed E-state index contributed by atoms with van der Waals surface area (Å²) >= 11 is -0.610. The third-order valence-electron chi connectivity index (χ3n) is 7.02. The molecular weight excluding hydrogens is 450 g/mol. The maximum absolute atomic E-state index is 2.53. The van der Waals surface area contributed by atoms with Gasteiger partial charge in [-0.25, -0.2) is 0 Å². The standard InChI is InChI=1S/C15H11.C9H17.2ClH.Zr/c1-2-6-12(7-3-1)15-10-13-8-4-5-9-14(13)11-15;1-6-5-7(2)9(4)8(6)3;;;/h1-11H;5-9H,1-4H3;2*1H;/q;;;;+2/p-2. The molecule has 1 saturated carbocycles. The summed E-state index contributed by atoms with van der Waals surface area (Å²) in [5, 5.41) is 0. The molecule has 2 aliphatic rings. The van der Waals surface area contributed by atoms with E-state index in [0.29, 0.717) is 0 Å². The van der Waals surface area contributed by atoms with Crippen LogP contribution in [-0.2, 0) is 23.2 Å². The van der Waals surface area contributed by atoms with Gasteiger partial charge in [0, 0.05) is 0 Å². The smallest absolute Gasteiger partial charge is 1.00 e. The average molecular weight is 479 g/mol. The van der Waals surface area contributed by atoms with Gasteiger partial charge >= 0.3 is 165 Å². The number of hydrogen-bond acceptors (Lipinski definition) is 0.